The third-order valence-electron chi connectivity index (χ3n) is 4.84. The van der Waals surface area contributed by atoms with E-state index >= 15 is 0 Å². The molecule has 3 heterocycles. The SMILES string of the molecule is NC(=O)CN1Cc2ccc(-c3ccnc(NC4CCOCC4)n3)cc2C1=O. The normalized spacial score (nSPS) is 17.0. The summed E-state index contributed by atoms with van der Waals surface area (Å²) in [7, 11) is 0. The highest BCUT2D eigenvalue weighted by molar-refractivity contribution is 6.01. The van der Waals surface area contributed by atoms with Crippen molar-refractivity contribution >= 4 is 17.8 Å². The minimum absolute atomic E-state index is 0.0739. The average Bonchev–Trinajstić information content (AvgIpc) is 2.97. The van der Waals surface area contributed by atoms with Gasteiger partial charge < -0.3 is 20.7 Å². The van der Waals surface area contributed by atoms with Crippen LogP contribution in [0.4, 0.5) is 5.95 Å². The molecule has 2 aromatic rings. The summed E-state index contributed by atoms with van der Waals surface area (Å²) in [5.41, 5.74) is 8.27. The van der Waals surface area contributed by atoms with Crippen LogP contribution in [0, 0.1) is 0 Å². The van der Waals surface area contributed by atoms with Gasteiger partial charge in [-0.25, -0.2) is 9.97 Å². The molecule has 1 saturated heterocycles. The van der Waals surface area contributed by atoms with E-state index in [1.165, 1.54) is 4.90 Å². The molecule has 0 bridgehead atoms. The molecule has 0 spiro atoms. The lowest BCUT2D eigenvalue weighted by Gasteiger charge is -2.23. The zero-order valence-electron chi connectivity index (χ0n) is 14.9. The smallest absolute Gasteiger partial charge is 0.254 e. The number of ether oxygens (including phenoxy) is 1. The second kappa shape index (κ2) is 7.32. The summed E-state index contributed by atoms with van der Waals surface area (Å²) in [5.74, 6) is -0.127. The Morgan fingerprint density at radius 3 is 2.89 bits per heavy atom. The Hall–Kier alpha value is -3.00. The van der Waals surface area contributed by atoms with Crippen molar-refractivity contribution in [3.63, 3.8) is 0 Å². The first-order valence-electron chi connectivity index (χ1n) is 8.98. The van der Waals surface area contributed by atoms with Gasteiger partial charge in [0, 0.05) is 43.1 Å². The third-order valence-corrected chi connectivity index (χ3v) is 4.84. The number of fused-ring (bicyclic) bond motifs is 1. The molecule has 4 rings (SSSR count). The standard InChI is InChI=1S/C19H21N5O3/c20-17(25)11-24-10-13-2-1-12(9-15(13)18(24)26)16-3-6-21-19(23-16)22-14-4-7-27-8-5-14/h1-3,6,9,14H,4-5,7-8,10-11H2,(H2,20,25)(H,21,22,23). The molecule has 2 amide bonds. The van der Waals surface area contributed by atoms with Crippen LogP contribution >= 0.6 is 0 Å². The molecule has 140 valence electrons. The van der Waals surface area contributed by atoms with Gasteiger partial charge in [-0.2, -0.15) is 0 Å². The number of benzene rings is 1. The van der Waals surface area contributed by atoms with E-state index in [1.54, 1.807) is 6.20 Å². The molecule has 2 aliphatic rings. The van der Waals surface area contributed by atoms with Gasteiger partial charge in [0.2, 0.25) is 11.9 Å². The maximum absolute atomic E-state index is 12.5. The van der Waals surface area contributed by atoms with E-state index in [0.717, 1.165) is 42.9 Å². The molecule has 1 aromatic carbocycles. The molecule has 0 radical (unpaired) electrons. The van der Waals surface area contributed by atoms with E-state index < -0.39 is 5.91 Å². The fourth-order valence-corrected chi connectivity index (χ4v) is 3.45. The predicted octanol–water partition coefficient (Wildman–Crippen LogP) is 1.18. The van der Waals surface area contributed by atoms with Crippen LogP contribution in [0.1, 0.15) is 28.8 Å². The number of nitrogens with two attached hydrogens (primary N) is 1. The lowest BCUT2D eigenvalue weighted by atomic mass is 10.0. The van der Waals surface area contributed by atoms with Gasteiger partial charge in [-0.05, 0) is 30.5 Å². The van der Waals surface area contributed by atoms with E-state index in [0.29, 0.717) is 24.1 Å². The Morgan fingerprint density at radius 1 is 1.30 bits per heavy atom. The molecular weight excluding hydrogens is 346 g/mol. The van der Waals surface area contributed by atoms with Crippen molar-refractivity contribution in [1.29, 1.82) is 0 Å². The van der Waals surface area contributed by atoms with Crippen molar-refractivity contribution in [3.05, 3.63) is 41.6 Å². The van der Waals surface area contributed by atoms with E-state index in [1.807, 2.05) is 24.3 Å². The number of hydrogen-bond acceptors (Lipinski definition) is 6. The van der Waals surface area contributed by atoms with Crippen LogP contribution in [0.5, 0.6) is 0 Å². The highest BCUT2D eigenvalue weighted by Crippen LogP contribution is 2.28. The van der Waals surface area contributed by atoms with E-state index in [-0.39, 0.29) is 12.5 Å². The second-order valence-electron chi connectivity index (χ2n) is 6.80. The van der Waals surface area contributed by atoms with Crippen LogP contribution in [-0.2, 0) is 16.1 Å². The summed E-state index contributed by atoms with van der Waals surface area (Å²) in [6.45, 7) is 1.81. The summed E-state index contributed by atoms with van der Waals surface area (Å²) in [6, 6.07) is 7.77. The first-order valence-corrected chi connectivity index (χ1v) is 8.98. The van der Waals surface area contributed by atoms with Gasteiger partial charge in [0.05, 0.1) is 12.2 Å². The molecule has 8 heteroatoms. The Labute approximate surface area is 156 Å². The fourth-order valence-electron chi connectivity index (χ4n) is 3.45. The van der Waals surface area contributed by atoms with Gasteiger partial charge in [0.25, 0.3) is 5.91 Å². The van der Waals surface area contributed by atoms with Crippen LogP contribution < -0.4 is 11.1 Å². The molecule has 1 fully saturated rings. The highest BCUT2D eigenvalue weighted by atomic mass is 16.5. The van der Waals surface area contributed by atoms with Crippen LogP contribution in [-0.4, -0.2) is 52.5 Å². The van der Waals surface area contributed by atoms with Gasteiger partial charge in [0.1, 0.15) is 0 Å². The Kier molecular flexibility index (Phi) is 4.72. The van der Waals surface area contributed by atoms with Gasteiger partial charge >= 0.3 is 0 Å². The lowest BCUT2D eigenvalue weighted by Crippen LogP contribution is -2.33. The molecule has 0 aliphatic carbocycles. The molecule has 1 aromatic heterocycles. The van der Waals surface area contributed by atoms with Crippen LogP contribution in [0.25, 0.3) is 11.3 Å². The van der Waals surface area contributed by atoms with Crippen molar-refractivity contribution in [2.24, 2.45) is 5.73 Å². The van der Waals surface area contributed by atoms with Crippen LogP contribution in [0.2, 0.25) is 0 Å². The van der Waals surface area contributed by atoms with E-state index in [2.05, 4.69) is 15.3 Å². The van der Waals surface area contributed by atoms with Gasteiger partial charge in [-0.15, -0.1) is 0 Å². The van der Waals surface area contributed by atoms with Crippen molar-refractivity contribution in [2.45, 2.75) is 25.4 Å². The minimum atomic E-state index is -0.518. The number of aromatic nitrogens is 2. The number of hydrogen-bond donors (Lipinski definition) is 2. The van der Waals surface area contributed by atoms with Crippen molar-refractivity contribution < 1.29 is 14.3 Å². The highest BCUT2D eigenvalue weighted by Gasteiger charge is 2.28. The van der Waals surface area contributed by atoms with Crippen molar-refractivity contribution in [2.75, 3.05) is 25.1 Å². The predicted molar refractivity (Wildman–Crippen MR) is 98.9 cm³/mol. The summed E-state index contributed by atoms with van der Waals surface area (Å²) < 4.78 is 5.37. The number of carbonyl (C=O) groups is 2. The van der Waals surface area contributed by atoms with Crippen LogP contribution in [0.15, 0.2) is 30.5 Å². The van der Waals surface area contributed by atoms with Crippen LogP contribution in [0.3, 0.4) is 0 Å². The number of nitrogens with one attached hydrogen (secondary N) is 1. The Balaban J connectivity index is 1.55. The van der Waals surface area contributed by atoms with Crippen molar-refractivity contribution in [3.8, 4) is 11.3 Å². The fraction of sp³-hybridized carbons (Fsp3) is 0.368. The molecule has 3 N–H and O–H groups in total. The van der Waals surface area contributed by atoms with Gasteiger partial charge in [-0.1, -0.05) is 12.1 Å². The Morgan fingerprint density at radius 2 is 2.11 bits per heavy atom. The maximum atomic E-state index is 12.5. The Bertz CT molecular complexity index is 879. The van der Waals surface area contributed by atoms with Gasteiger partial charge in [-0.3, -0.25) is 9.59 Å². The molecule has 27 heavy (non-hydrogen) atoms. The van der Waals surface area contributed by atoms with Gasteiger partial charge in [0.15, 0.2) is 0 Å². The molecular formula is C19H21N5O3. The molecule has 0 atom stereocenters. The monoisotopic (exact) mass is 367 g/mol. The topological polar surface area (TPSA) is 110 Å². The number of amides is 2. The molecule has 0 saturated carbocycles. The largest absolute Gasteiger partial charge is 0.381 e. The number of anilines is 1. The minimum Gasteiger partial charge on any atom is -0.381 e. The number of primary amides is 1. The second-order valence-corrected chi connectivity index (χ2v) is 6.80. The number of nitrogens with zero attached hydrogens (tertiary/aromatic N) is 3. The van der Waals surface area contributed by atoms with E-state index in [4.69, 9.17) is 10.5 Å². The third kappa shape index (κ3) is 3.75. The molecule has 0 unspecified atom stereocenters. The molecule has 8 nitrogen and oxygen atoms in total. The first kappa shape index (κ1) is 17.4. The van der Waals surface area contributed by atoms with Crippen molar-refractivity contribution in [1.82, 2.24) is 14.9 Å². The first-order chi connectivity index (χ1) is 13.1. The zero-order valence-corrected chi connectivity index (χ0v) is 14.9. The zero-order chi connectivity index (χ0) is 18.8. The number of rotatable bonds is 5. The summed E-state index contributed by atoms with van der Waals surface area (Å²) in [5, 5.41) is 3.35. The maximum Gasteiger partial charge on any atom is 0.254 e. The molecule has 2 aliphatic heterocycles. The number of carbonyl (C=O) groups excluding carboxylic acids is 2. The van der Waals surface area contributed by atoms with E-state index in [9.17, 15) is 9.59 Å². The summed E-state index contributed by atoms with van der Waals surface area (Å²) in [4.78, 5) is 34.0. The average molecular weight is 367 g/mol. The summed E-state index contributed by atoms with van der Waals surface area (Å²) in [6.07, 6.45) is 3.56. The quantitative estimate of drug-likeness (QED) is 0.821. The summed E-state index contributed by atoms with van der Waals surface area (Å²) >= 11 is 0. The lowest BCUT2D eigenvalue weighted by molar-refractivity contribution is -0.118.